The number of para-hydroxylation sites is 1. The Labute approximate surface area is 314 Å². The first-order chi connectivity index (χ1) is 25.9. The number of rotatable bonds is 7. The van der Waals surface area contributed by atoms with E-state index in [1.54, 1.807) is 54.7 Å². The van der Waals surface area contributed by atoms with Crippen LogP contribution in [0.2, 0.25) is 0 Å². The highest BCUT2D eigenvalue weighted by atomic mass is 16.3. The molecule has 3 amide bonds. The zero-order valence-electron chi connectivity index (χ0n) is 30.6. The standard InChI is InChI=1S/C44H46N4O6/c1-25(6-5-19-44(54)21-18-35-31-12-9-26-22-28(49)11-14-29(26)30(31)17-20-43(35,44)2)40(51)34-24-45-38-23-27(10-13-32(34)38)46-39(50)16-15-37-42(53)47-36-8-4-3-7-33(36)41(52)48-37/h3-4,7-8,10-11,13-14,22-25,30-31,35,37,45,49,54H,6,9,12,15-18,20-21H2,1-2H3,(H,46,50)(H,47,53)(H,48,52)/t25?,30?,31?,35?,37?,43-,44?/m0/s1. The van der Waals surface area contributed by atoms with E-state index in [-0.39, 0.29) is 47.7 Å². The molecule has 4 aromatic rings. The molecule has 1 aromatic heterocycles. The molecule has 2 saturated carbocycles. The van der Waals surface area contributed by atoms with Crippen LogP contribution in [-0.4, -0.2) is 50.3 Å². The normalized spacial score (nSPS) is 27.5. The van der Waals surface area contributed by atoms with Crippen molar-refractivity contribution in [2.75, 3.05) is 10.6 Å². The maximum absolute atomic E-state index is 13.6. The Hall–Kier alpha value is -5.40. The number of hydrogen-bond acceptors (Lipinski definition) is 6. The fourth-order valence-electron chi connectivity index (χ4n) is 9.92. The summed E-state index contributed by atoms with van der Waals surface area (Å²) >= 11 is 0. The van der Waals surface area contributed by atoms with Crippen LogP contribution >= 0.6 is 0 Å². The average molecular weight is 727 g/mol. The van der Waals surface area contributed by atoms with Gasteiger partial charge in [0, 0.05) is 52.5 Å². The van der Waals surface area contributed by atoms with Gasteiger partial charge in [0.15, 0.2) is 5.78 Å². The van der Waals surface area contributed by atoms with Crippen molar-refractivity contribution in [2.45, 2.75) is 89.2 Å². The van der Waals surface area contributed by atoms with Gasteiger partial charge in [0.05, 0.1) is 11.3 Å². The fraction of sp³-hybridized carbons (Fsp3) is 0.409. The number of H-pyrrole nitrogens is 1. The second kappa shape index (κ2) is 13.8. The van der Waals surface area contributed by atoms with Crippen molar-refractivity contribution in [3.05, 3.63) is 89.1 Å². The summed E-state index contributed by atoms with van der Waals surface area (Å²) in [6.07, 6.45) is 7.63. The van der Waals surface area contributed by atoms with E-state index < -0.39 is 11.6 Å². The molecule has 3 aliphatic carbocycles. The third-order valence-electron chi connectivity index (χ3n) is 13.0. The van der Waals surface area contributed by atoms with Gasteiger partial charge in [-0.25, -0.2) is 0 Å². The minimum absolute atomic E-state index is 0.0104. The molecule has 1 aliphatic heterocycles. The van der Waals surface area contributed by atoms with Crippen molar-refractivity contribution in [3.8, 4) is 17.6 Å². The molecule has 2 fully saturated rings. The molecule has 278 valence electrons. The summed E-state index contributed by atoms with van der Waals surface area (Å²) in [6, 6.07) is 17.0. The lowest BCUT2D eigenvalue weighted by atomic mass is 9.53. The summed E-state index contributed by atoms with van der Waals surface area (Å²) in [5.41, 5.74) is 3.81. The number of carbonyl (C=O) groups is 4. The van der Waals surface area contributed by atoms with E-state index in [9.17, 15) is 29.4 Å². The Morgan fingerprint density at radius 1 is 1.04 bits per heavy atom. The van der Waals surface area contributed by atoms with Crippen LogP contribution in [0.25, 0.3) is 10.9 Å². The molecule has 7 atom stereocenters. The summed E-state index contributed by atoms with van der Waals surface area (Å²) in [7, 11) is 0. The summed E-state index contributed by atoms with van der Waals surface area (Å²) in [5.74, 6) is 6.68. The molecule has 0 radical (unpaired) electrons. The van der Waals surface area contributed by atoms with E-state index in [4.69, 9.17) is 0 Å². The van der Waals surface area contributed by atoms with Crippen molar-refractivity contribution < 1.29 is 29.4 Å². The largest absolute Gasteiger partial charge is 0.508 e. The molecule has 6 unspecified atom stereocenters. The lowest BCUT2D eigenvalue weighted by molar-refractivity contribution is -0.118. The number of ketones is 1. The minimum Gasteiger partial charge on any atom is -0.508 e. The van der Waals surface area contributed by atoms with Gasteiger partial charge in [0.1, 0.15) is 17.4 Å². The number of anilines is 2. The summed E-state index contributed by atoms with van der Waals surface area (Å²) in [4.78, 5) is 55.0. The lowest BCUT2D eigenvalue weighted by Crippen LogP contribution is -2.50. The van der Waals surface area contributed by atoms with Gasteiger partial charge in [0.25, 0.3) is 5.91 Å². The van der Waals surface area contributed by atoms with Gasteiger partial charge in [-0.05, 0) is 110 Å². The van der Waals surface area contributed by atoms with Crippen LogP contribution in [0.1, 0.15) is 103 Å². The Morgan fingerprint density at radius 3 is 2.72 bits per heavy atom. The monoisotopic (exact) mass is 726 g/mol. The highest BCUT2D eigenvalue weighted by Gasteiger charge is 2.61. The molecule has 8 rings (SSSR count). The molecule has 10 heteroatoms. The van der Waals surface area contributed by atoms with Crippen molar-refractivity contribution >= 4 is 45.8 Å². The molecule has 10 nitrogen and oxygen atoms in total. The van der Waals surface area contributed by atoms with E-state index >= 15 is 0 Å². The fourth-order valence-corrected chi connectivity index (χ4v) is 9.92. The number of aliphatic hydroxyl groups is 1. The lowest BCUT2D eigenvalue weighted by Gasteiger charge is -2.52. The van der Waals surface area contributed by atoms with Crippen molar-refractivity contribution in [2.24, 2.45) is 23.2 Å². The van der Waals surface area contributed by atoms with Crippen molar-refractivity contribution in [1.29, 1.82) is 0 Å². The second-order valence-corrected chi connectivity index (χ2v) is 16.0. The van der Waals surface area contributed by atoms with Gasteiger partial charge in [-0.1, -0.05) is 50.0 Å². The van der Waals surface area contributed by atoms with Gasteiger partial charge in [-0.15, -0.1) is 0 Å². The Kier molecular flexibility index (Phi) is 9.09. The molecule has 0 spiro atoms. The van der Waals surface area contributed by atoms with Crippen LogP contribution in [0.4, 0.5) is 11.4 Å². The molecular formula is C44H46N4O6. The number of aromatic hydroxyl groups is 1. The van der Waals surface area contributed by atoms with Gasteiger partial charge < -0.3 is 31.1 Å². The summed E-state index contributed by atoms with van der Waals surface area (Å²) in [5, 5.41) is 31.1. The van der Waals surface area contributed by atoms with Crippen LogP contribution < -0.4 is 16.0 Å². The van der Waals surface area contributed by atoms with E-state index in [2.05, 4.69) is 45.8 Å². The number of hydrogen-bond donors (Lipinski definition) is 6. The predicted molar refractivity (Wildman–Crippen MR) is 206 cm³/mol. The topological polar surface area (TPSA) is 161 Å². The third kappa shape index (κ3) is 6.24. The van der Waals surface area contributed by atoms with Crippen molar-refractivity contribution in [1.82, 2.24) is 10.3 Å². The molecule has 0 bridgehead atoms. The van der Waals surface area contributed by atoms with Crippen LogP contribution in [0.3, 0.4) is 0 Å². The maximum Gasteiger partial charge on any atom is 0.254 e. The highest BCUT2D eigenvalue weighted by molar-refractivity contribution is 6.11. The van der Waals surface area contributed by atoms with E-state index in [0.717, 1.165) is 37.5 Å². The quantitative estimate of drug-likeness (QED) is 0.0903. The number of phenolic OH excluding ortho intramolecular Hbond substituents is 1. The second-order valence-electron chi connectivity index (χ2n) is 16.0. The molecule has 54 heavy (non-hydrogen) atoms. The molecular weight excluding hydrogens is 681 g/mol. The number of fused-ring (bicyclic) bond motifs is 7. The van der Waals surface area contributed by atoms with E-state index in [1.807, 2.05) is 13.0 Å². The molecule has 0 saturated heterocycles. The van der Waals surface area contributed by atoms with Gasteiger partial charge in [-0.2, -0.15) is 0 Å². The van der Waals surface area contributed by atoms with Crippen LogP contribution in [0.15, 0.2) is 66.9 Å². The smallest absolute Gasteiger partial charge is 0.254 e. The zero-order valence-corrected chi connectivity index (χ0v) is 30.6. The number of benzene rings is 3. The number of amides is 3. The number of phenols is 1. The van der Waals surface area contributed by atoms with Crippen LogP contribution in [0, 0.1) is 35.0 Å². The molecule has 2 heterocycles. The first kappa shape index (κ1) is 35.6. The minimum atomic E-state index is -1.09. The number of aromatic amines is 1. The SMILES string of the molecule is CC(CC#CC1(O)CCC2C3CCc4cc(O)ccc4C3CC[C@@]21C)C(=O)c1c[nH]c2cc(NC(=O)CCC3NC(=O)c4ccccc4NC3=O)ccc12. The van der Waals surface area contributed by atoms with E-state index in [1.165, 1.54) is 11.1 Å². The average Bonchev–Trinajstić information content (AvgIpc) is 3.66. The van der Waals surface area contributed by atoms with Gasteiger partial charge >= 0.3 is 0 Å². The van der Waals surface area contributed by atoms with Gasteiger partial charge in [0.2, 0.25) is 11.8 Å². The summed E-state index contributed by atoms with van der Waals surface area (Å²) in [6.45, 7) is 4.08. The molecule has 3 aromatic carbocycles. The zero-order chi connectivity index (χ0) is 37.8. The van der Waals surface area contributed by atoms with Crippen LogP contribution in [0.5, 0.6) is 5.75 Å². The summed E-state index contributed by atoms with van der Waals surface area (Å²) < 4.78 is 0. The number of nitrogens with one attached hydrogen (secondary N) is 4. The van der Waals surface area contributed by atoms with Crippen LogP contribution in [-0.2, 0) is 16.0 Å². The van der Waals surface area contributed by atoms with E-state index in [0.29, 0.717) is 64.4 Å². The maximum atomic E-state index is 13.6. The number of carbonyl (C=O) groups excluding carboxylic acids is 4. The Bertz CT molecular complexity index is 2250. The van der Waals surface area contributed by atoms with Gasteiger partial charge in [-0.3, -0.25) is 19.2 Å². The number of Topliss-reactive ketones (excluding diaryl/α,β-unsaturated/α-hetero) is 1. The Morgan fingerprint density at radius 2 is 1.87 bits per heavy atom. The van der Waals surface area contributed by atoms with Crippen molar-refractivity contribution in [3.63, 3.8) is 0 Å². The highest BCUT2D eigenvalue weighted by Crippen LogP contribution is 2.64. The molecule has 6 N–H and O–H groups in total. The first-order valence-corrected chi connectivity index (χ1v) is 19.1. The number of aromatic nitrogens is 1. The first-order valence-electron chi connectivity index (χ1n) is 19.1. The number of aryl methyl sites for hydroxylation is 1. The molecule has 4 aliphatic rings. The third-order valence-corrected chi connectivity index (χ3v) is 13.0. The predicted octanol–water partition coefficient (Wildman–Crippen LogP) is 6.84. The Balaban J connectivity index is 0.873.